The third-order valence-electron chi connectivity index (χ3n) is 4.42. The van der Waals surface area contributed by atoms with Crippen LogP contribution in [0.25, 0.3) is 10.9 Å². The van der Waals surface area contributed by atoms with Crippen LogP contribution in [0.1, 0.15) is 20.7 Å². The molecule has 1 aliphatic heterocycles. The van der Waals surface area contributed by atoms with Gasteiger partial charge in [-0.3, -0.25) is 14.5 Å². The molecule has 0 N–H and O–H groups in total. The van der Waals surface area contributed by atoms with E-state index in [0.29, 0.717) is 24.2 Å². The number of rotatable bonds is 4. The summed E-state index contributed by atoms with van der Waals surface area (Å²) >= 11 is 0. The minimum Gasteiger partial charge on any atom is -0.497 e. The van der Waals surface area contributed by atoms with Crippen LogP contribution in [0.3, 0.4) is 0 Å². The number of nitrogens with zero attached hydrogens (tertiary/aromatic N) is 2. The molecule has 1 aromatic heterocycles. The molecule has 4 rings (SSSR count). The van der Waals surface area contributed by atoms with Crippen LogP contribution in [0.4, 0.5) is 0 Å². The second-order valence-corrected chi connectivity index (χ2v) is 5.74. The van der Waals surface area contributed by atoms with Crippen LogP contribution < -0.4 is 4.74 Å². The molecular formula is C19H16N2O3. The van der Waals surface area contributed by atoms with Crippen molar-refractivity contribution in [2.45, 2.75) is 6.54 Å². The summed E-state index contributed by atoms with van der Waals surface area (Å²) in [5, 5.41) is 1.07. The molecule has 1 aliphatic rings. The molecule has 2 aromatic carbocycles. The highest BCUT2D eigenvalue weighted by atomic mass is 16.5. The summed E-state index contributed by atoms with van der Waals surface area (Å²) in [6, 6.07) is 14.8. The van der Waals surface area contributed by atoms with Gasteiger partial charge in [-0.15, -0.1) is 0 Å². The Hall–Kier alpha value is -3.08. The number of fused-ring (bicyclic) bond motifs is 2. The van der Waals surface area contributed by atoms with E-state index in [2.05, 4.69) is 0 Å². The van der Waals surface area contributed by atoms with Crippen LogP contribution in [-0.2, 0) is 6.54 Å². The first-order valence-electron chi connectivity index (χ1n) is 7.77. The highest BCUT2D eigenvalue weighted by molar-refractivity contribution is 6.21. The predicted molar refractivity (Wildman–Crippen MR) is 90.3 cm³/mol. The van der Waals surface area contributed by atoms with Gasteiger partial charge in [-0.05, 0) is 36.4 Å². The minimum atomic E-state index is -0.214. The number of imide groups is 1. The van der Waals surface area contributed by atoms with Crippen molar-refractivity contribution >= 4 is 22.7 Å². The molecule has 0 saturated carbocycles. The standard InChI is InChI=1S/C19H16N2O3/c1-24-14-6-7-17-13(12-14)8-9-20(17)10-11-21-18(22)15-4-2-3-5-16(15)19(21)23/h2-9,12H,10-11H2,1H3. The molecule has 0 unspecified atom stereocenters. The highest BCUT2D eigenvalue weighted by Crippen LogP contribution is 2.24. The van der Waals surface area contributed by atoms with E-state index >= 15 is 0 Å². The molecule has 0 fully saturated rings. The van der Waals surface area contributed by atoms with Crippen molar-refractivity contribution < 1.29 is 14.3 Å². The van der Waals surface area contributed by atoms with Crippen LogP contribution in [-0.4, -0.2) is 34.9 Å². The van der Waals surface area contributed by atoms with E-state index in [1.807, 2.05) is 35.0 Å². The first kappa shape index (κ1) is 14.5. The number of carbonyl (C=O) groups excluding carboxylic acids is 2. The molecule has 0 spiro atoms. The Balaban J connectivity index is 1.56. The fourth-order valence-corrected chi connectivity index (χ4v) is 3.15. The van der Waals surface area contributed by atoms with Crippen molar-refractivity contribution in [1.82, 2.24) is 9.47 Å². The van der Waals surface area contributed by atoms with Crippen molar-refractivity contribution in [3.05, 3.63) is 65.9 Å². The van der Waals surface area contributed by atoms with Crippen molar-refractivity contribution in [1.29, 1.82) is 0 Å². The Morgan fingerprint density at radius 3 is 2.29 bits per heavy atom. The van der Waals surface area contributed by atoms with E-state index < -0.39 is 0 Å². The van der Waals surface area contributed by atoms with Gasteiger partial charge in [0.1, 0.15) is 5.75 Å². The summed E-state index contributed by atoms with van der Waals surface area (Å²) < 4.78 is 7.27. The smallest absolute Gasteiger partial charge is 0.261 e. The van der Waals surface area contributed by atoms with Crippen LogP contribution >= 0.6 is 0 Å². The van der Waals surface area contributed by atoms with Crippen LogP contribution in [0.2, 0.25) is 0 Å². The molecule has 0 bridgehead atoms. The minimum absolute atomic E-state index is 0.214. The quantitative estimate of drug-likeness (QED) is 0.695. The van der Waals surface area contributed by atoms with Gasteiger partial charge < -0.3 is 9.30 Å². The van der Waals surface area contributed by atoms with Crippen molar-refractivity contribution in [3.8, 4) is 5.75 Å². The lowest BCUT2D eigenvalue weighted by Gasteiger charge is -2.15. The van der Waals surface area contributed by atoms with Crippen LogP contribution in [0, 0.1) is 0 Å². The van der Waals surface area contributed by atoms with Gasteiger partial charge >= 0.3 is 0 Å². The summed E-state index contributed by atoms with van der Waals surface area (Å²) in [6.07, 6.45) is 1.96. The van der Waals surface area contributed by atoms with Gasteiger partial charge in [0.2, 0.25) is 0 Å². The topological polar surface area (TPSA) is 51.5 Å². The molecule has 24 heavy (non-hydrogen) atoms. The molecule has 5 nitrogen and oxygen atoms in total. The Bertz CT molecular complexity index is 923. The molecule has 0 atom stereocenters. The van der Waals surface area contributed by atoms with Gasteiger partial charge in [-0.2, -0.15) is 0 Å². The van der Waals surface area contributed by atoms with Crippen LogP contribution in [0.15, 0.2) is 54.7 Å². The van der Waals surface area contributed by atoms with Crippen molar-refractivity contribution in [2.24, 2.45) is 0 Å². The van der Waals surface area contributed by atoms with E-state index in [0.717, 1.165) is 16.7 Å². The van der Waals surface area contributed by atoms with E-state index in [1.165, 1.54) is 4.90 Å². The summed E-state index contributed by atoms with van der Waals surface area (Å²) in [5.74, 6) is 0.378. The summed E-state index contributed by atoms with van der Waals surface area (Å²) in [7, 11) is 1.64. The van der Waals surface area contributed by atoms with E-state index in [1.54, 1.807) is 31.4 Å². The van der Waals surface area contributed by atoms with Crippen LogP contribution in [0.5, 0.6) is 5.75 Å². The summed E-state index contributed by atoms with van der Waals surface area (Å²) in [4.78, 5) is 26.1. The van der Waals surface area contributed by atoms with Gasteiger partial charge in [0.15, 0.2) is 0 Å². The number of hydrogen-bond donors (Lipinski definition) is 0. The van der Waals surface area contributed by atoms with E-state index in [9.17, 15) is 9.59 Å². The third-order valence-corrected chi connectivity index (χ3v) is 4.42. The molecule has 2 heterocycles. The number of ether oxygens (including phenoxy) is 1. The van der Waals surface area contributed by atoms with Gasteiger partial charge in [0.05, 0.1) is 18.2 Å². The largest absolute Gasteiger partial charge is 0.497 e. The molecule has 120 valence electrons. The monoisotopic (exact) mass is 320 g/mol. The summed E-state index contributed by atoms with van der Waals surface area (Å²) in [6.45, 7) is 0.906. The molecular weight excluding hydrogens is 304 g/mol. The SMILES string of the molecule is COc1ccc2c(ccn2CCN2C(=O)c3ccccc3C2=O)c1. The predicted octanol–water partition coefficient (Wildman–Crippen LogP) is 2.95. The number of methoxy groups -OCH3 is 1. The number of benzene rings is 2. The lowest BCUT2D eigenvalue weighted by Crippen LogP contribution is -2.32. The average molecular weight is 320 g/mol. The van der Waals surface area contributed by atoms with Crippen molar-refractivity contribution in [2.75, 3.05) is 13.7 Å². The zero-order valence-electron chi connectivity index (χ0n) is 13.2. The molecule has 0 radical (unpaired) electrons. The Morgan fingerprint density at radius 1 is 0.917 bits per heavy atom. The second kappa shape index (κ2) is 5.53. The van der Waals surface area contributed by atoms with Crippen molar-refractivity contribution in [3.63, 3.8) is 0 Å². The number of aromatic nitrogens is 1. The second-order valence-electron chi connectivity index (χ2n) is 5.74. The first-order valence-corrected chi connectivity index (χ1v) is 7.77. The fourth-order valence-electron chi connectivity index (χ4n) is 3.15. The summed E-state index contributed by atoms with van der Waals surface area (Å²) in [5.41, 5.74) is 2.03. The lowest BCUT2D eigenvalue weighted by atomic mass is 10.1. The molecule has 2 amide bonds. The maximum Gasteiger partial charge on any atom is 0.261 e. The van der Waals surface area contributed by atoms with E-state index in [4.69, 9.17) is 4.74 Å². The fraction of sp³-hybridized carbons (Fsp3) is 0.158. The Kier molecular flexibility index (Phi) is 3.34. The van der Waals surface area contributed by atoms with Gasteiger partial charge in [-0.25, -0.2) is 0 Å². The third kappa shape index (κ3) is 2.17. The lowest BCUT2D eigenvalue weighted by molar-refractivity contribution is 0.0649. The molecule has 3 aromatic rings. The molecule has 0 aliphatic carbocycles. The van der Waals surface area contributed by atoms with E-state index in [-0.39, 0.29) is 11.8 Å². The number of amides is 2. The zero-order chi connectivity index (χ0) is 16.7. The van der Waals surface area contributed by atoms with Gasteiger partial charge in [-0.1, -0.05) is 12.1 Å². The number of hydrogen-bond acceptors (Lipinski definition) is 3. The maximum atomic E-state index is 12.4. The van der Waals surface area contributed by atoms with Gasteiger partial charge in [0.25, 0.3) is 11.8 Å². The number of carbonyl (C=O) groups is 2. The Labute approximate surface area is 139 Å². The first-order chi connectivity index (χ1) is 11.7. The average Bonchev–Trinajstić information content (AvgIpc) is 3.13. The molecule has 0 saturated heterocycles. The highest BCUT2D eigenvalue weighted by Gasteiger charge is 2.34. The van der Waals surface area contributed by atoms with Gasteiger partial charge in [0, 0.05) is 30.2 Å². The normalized spacial score (nSPS) is 13.6. The zero-order valence-corrected chi connectivity index (χ0v) is 13.2. The maximum absolute atomic E-state index is 12.4. The molecule has 5 heteroatoms. The Morgan fingerprint density at radius 2 is 1.62 bits per heavy atom.